The average molecular weight is 235 g/mol. The fourth-order valence-electron chi connectivity index (χ4n) is 2.91. The first-order valence-corrected chi connectivity index (χ1v) is 6.78. The summed E-state index contributed by atoms with van der Waals surface area (Å²) in [4.78, 5) is 4.50. The minimum Gasteiger partial charge on any atom is -0.339 e. The van der Waals surface area contributed by atoms with Gasteiger partial charge in [0, 0.05) is 17.9 Å². The van der Waals surface area contributed by atoms with Gasteiger partial charge in [-0.2, -0.15) is 4.98 Å². The Labute approximate surface area is 102 Å². The molecule has 94 valence electrons. The van der Waals surface area contributed by atoms with Crippen molar-refractivity contribution in [2.75, 3.05) is 0 Å². The zero-order valence-corrected chi connectivity index (χ0v) is 10.5. The lowest BCUT2D eigenvalue weighted by molar-refractivity contribution is 0.260. The second kappa shape index (κ2) is 4.09. The first kappa shape index (κ1) is 11.2. The number of nitrogens with zero attached hydrogens (tertiary/aromatic N) is 2. The lowest BCUT2D eigenvalue weighted by Crippen LogP contribution is -2.43. The van der Waals surface area contributed by atoms with Crippen LogP contribution in [0, 0.1) is 5.92 Å². The van der Waals surface area contributed by atoms with Gasteiger partial charge in [0.2, 0.25) is 5.89 Å². The molecule has 4 heteroatoms. The van der Waals surface area contributed by atoms with Crippen molar-refractivity contribution < 1.29 is 4.52 Å². The largest absolute Gasteiger partial charge is 0.339 e. The molecule has 2 aliphatic rings. The summed E-state index contributed by atoms with van der Waals surface area (Å²) in [5.41, 5.74) is 6.29. The number of rotatable bonds is 3. The van der Waals surface area contributed by atoms with Crippen LogP contribution in [0.3, 0.4) is 0 Å². The van der Waals surface area contributed by atoms with E-state index in [0.717, 1.165) is 36.9 Å². The van der Waals surface area contributed by atoms with E-state index in [4.69, 9.17) is 10.3 Å². The van der Waals surface area contributed by atoms with E-state index in [1.165, 1.54) is 25.7 Å². The molecule has 2 N–H and O–H groups in total. The van der Waals surface area contributed by atoms with E-state index in [0.29, 0.717) is 5.92 Å². The third kappa shape index (κ3) is 2.37. The van der Waals surface area contributed by atoms with Crippen LogP contribution in [0.2, 0.25) is 0 Å². The number of aromatic nitrogens is 2. The summed E-state index contributed by atoms with van der Waals surface area (Å²) in [6, 6.07) is 0. The van der Waals surface area contributed by atoms with Crippen LogP contribution < -0.4 is 5.73 Å². The van der Waals surface area contributed by atoms with Gasteiger partial charge in [-0.3, -0.25) is 0 Å². The molecular formula is C13H21N3O. The summed E-state index contributed by atoms with van der Waals surface area (Å²) in [6.07, 6.45) is 7.91. The molecule has 0 bridgehead atoms. The first-order chi connectivity index (χ1) is 8.16. The van der Waals surface area contributed by atoms with Crippen LogP contribution in [0.15, 0.2) is 4.52 Å². The molecule has 0 saturated heterocycles. The molecule has 1 aromatic rings. The summed E-state index contributed by atoms with van der Waals surface area (Å²) >= 11 is 0. The van der Waals surface area contributed by atoms with E-state index in [1.807, 2.05) is 0 Å². The summed E-state index contributed by atoms with van der Waals surface area (Å²) < 4.78 is 5.34. The van der Waals surface area contributed by atoms with Gasteiger partial charge in [0.15, 0.2) is 5.82 Å². The van der Waals surface area contributed by atoms with E-state index >= 15 is 0 Å². The van der Waals surface area contributed by atoms with E-state index in [9.17, 15) is 0 Å². The third-order valence-electron chi connectivity index (χ3n) is 4.28. The van der Waals surface area contributed by atoms with Crippen molar-refractivity contribution in [2.45, 2.75) is 63.3 Å². The van der Waals surface area contributed by atoms with Gasteiger partial charge >= 0.3 is 0 Å². The lowest BCUT2D eigenvalue weighted by Gasteiger charge is -2.31. The van der Waals surface area contributed by atoms with Crippen molar-refractivity contribution in [3.05, 3.63) is 11.7 Å². The predicted molar refractivity (Wildman–Crippen MR) is 64.5 cm³/mol. The van der Waals surface area contributed by atoms with Gasteiger partial charge in [0.25, 0.3) is 0 Å². The van der Waals surface area contributed by atoms with Crippen molar-refractivity contribution in [1.29, 1.82) is 0 Å². The second-order valence-corrected chi connectivity index (χ2v) is 5.97. The minimum atomic E-state index is -0.1000. The molecule has 0 aliphatic heterocycles. The van der Waals surface area contributed by atoms with Crippen LogP contribution in [0.5, 0.6) is 0 Å². The van der Waals surface area contributed by atoms with Crippen molar-refractivity contribution in [3.63, 3.8) is 0 Å². The van der Waals surface area contributed by atoms with Crippen molar-refractivity contribution in [3.8, 4) is 0 Å². The Morgan fingerprint density at radius 2 is 2.06 bits per heavy atom. The maximum absolute atomic E-state index is 6.39. The highest BCUT2D eigenvalue weighted by Crippen LogP contribution is 2.45. The standard InChI is InChI=1S/C13H21N3O/c1-9-7-10(9)12-15-11(17-16-12)8-13(14)5-3-2-4-6-13/h9-10H,2-8,14H2,1H3. The maximum atomic E-state index is 6.39. The van der Waals surface area contributed by atoms with E-state index < -0.39 is 0 Å². The first-order valence-electron chi connectivity index (χ1n) is 6.78. The van der Waals surface area contributed by atoms with Crippen molar-refractivity contribution in [1.82, 2.24) is 10.1 Å². The van der Waals surface area contributed by atoms with E-state index in [1.54, 1.807) is 0 Å². The highest BCUT2D eigenvalue weighted by atomic mass is 16.5. The van der Waals surface area contributed by atoms with Gasteiger partial charge < -0.3 is 10.3 Å². The molecule has 2 fully saturated rings. The van der Waals surface area contributed by atoms with E-state index in [-0.39, 0.29) is 5.54 Å². The predicted octanol–water partition coefficient (Wildman–Crippen LogP) is 2.40. The Balaban J connectivity index is 1.66. The molecule has 0 spiro atoms. The fraction of sp³-hybridized carbons (Fsp3) is 0.846. The van der Waals surface area contributed by atoms with E-state index in [2.05, 4.69) is 17.1 Å². The summed E-state index contributed by atoms with van der Waals surface area (Å²) in [5.74, 6) is 2.89. The molecule has 1 aromatic heterocycles. The van der Waals surface area contributed by atoms with Crippen LogP contribution >= 0.6 is 0 Å². The van der Waals surface area contributed by atoms with Gasteiger partial charge in [-0.15, -0.1) is 0 Å². The molecule has 0 amide bonds. The van der Waals surface area contributed by atoms with Crippen LogP contribution in [-0.4, -0.2) is 15.7 Å². The summed E-state index contributed by atoms with van der Waals surface area (Å²) in [5, 5.41) is 4.08. The molecule has 2 atom stereocenters. The number of hydrogen-bond acceptors (Lipinski definition) is 4. The van der Waals surface area contributed by atoms with Crippen LogP contribution in [0.1, 0.15) is 63.1 Å². The monoisotopic (exact) mass is 235 g/mol. The number of nitrogens with two attached hydrogens (primary N) is 1. The molecule has 2 aliphatic carbocycles. The molecule has 2 saturated carbocycles. The Morgan fingerprint density at radius 1 is 1.35 bits per heavy atom. The highest BCUT2D eigenvalue weighted by Gasteiger charge is 2.38. The zero-order valence-electron chi connectivity index (χ0n) is 10.5. The molecular weight excluding hydrogens is 214 g/mol. The van der Waals surface area contributed by atoms with Gasteiger partial charge in [-0.25, -0.2) is 0 Å². The van der Waals surface area contributed by atoms with Crippen molar-refractivity contribution >= 4 is 0 Å². The Kier molecular flexibility index (Phi) is 2.69. The van der Waals surface area contributed by atoms with Crippen LogP contribution in [-0.2, 0) is 6.42 Å². The lowest BCUT2D eigenvalue weighted by atomic mass is 9.80. The van der Waals surface area contributed by atoms with Gasteiger partial charge in [0.1, 0.15) is 0 Å². The Bertz CT molecular complexity index is 395. The average Bonchev–Trinajstić information content (AvgIpc) is 2.85. The molecule has 0 radical (unpaired) electrons. The third-order valence-corrected chi connectivity index (χ3v) is 4.28. The molecule has 4 nitrogen and oxygen atoms in total. The zero-order chi connectivity index (χ0) is 11.9. The van der Waals surface area contributed by atoms with Crippen LogP contribution in [0.25, 0.3) is 0 Å². The molecule has 3 rings (SSSR count). The molecule has 0 aromatic carbocycles. The van der Waals surface area contributed by atoms with Gasteiger partial charge in [-0.1, -0.05) is 31.3 Å². The van der Waals surface area contributed by atoms with Gasteiger partial charge in [0.05, 0.1) is 0 Å². The Hall–Kier alpha value is -0.900. The Morgan fingerprint density at radius 3 is 2.71 bits per heavy atom. The normalized spacial score (nSPS) is 31.4. The number of hydrogen-bond donors (Lipinski definition) is 1. The van der Waals surface area contributed by atoms with Crippen molar-refractivity contribution in [2.24, 2.45) is 11.7 Å². The second-order valence-electron chi connectivity index (χ2n) is 5.97. The molecule has 1 heterocycles. The fourth-order valence-corrected chi connectivity index (χ4v) is 2.91. The quantitative estimate of drug-likeness (QED) is 0.873. The summed E-state index contributed by atoms with van der Waals surface area (Å²) in [6.45, 7) is 2.23. The molecule has 2 unspecified atom stereocenters. The topological polar surface area (TPSA) is 64.9 Å². The summed E-state index contributed by atoms with van der Waals surface area (Å²) in [7, 11) is 0. The molecule has 17 heavy (non-hydrogen) atoms. The minimum absolute atomic E-state index is 0.1000. The highest BCUT2D eigenvalue weighted by molar-refractivity contribution is 5.08. The maximum Gasteiger partial charge on any atom is 0.228 e. The van der Waals surface area contributed by atoms with Crippen LogP contribution in [0.4, 0.5) is 0 Å². The smallest absolute Gasteiger partial charge is 0.228 e. The van der Waals surface area contributed by atoms with Gasteiger partial charge in [-0.05, 0) is 25.2 Å². The SMILES string of the molecule is CC1CC1c1noc(CC2(N)CCCCC2)n1.